The van der Waals surface area contributed by atoms with Crippen molar-refractivity contribution in [2.45, 2.75) is 13.1 Å². The molecule has 6 heteroatoms. The summed E-state index contributed by atoms with van der Waals surface area (Å²) in [6.45, 7) is 1.48. The van der Waals surface area contributed by atoms with Gasteiger partial charge in [-0.05, 0) is 31.2 Å². The van der Waals surface area contributed by atoms with Crippen molar-refractivity contribution < 1.29 is 22.7 Å². The lowest BCUT2D eigenvalue weighted by Crippen LogP contribution is -2.09. The summed E-state index contributed by atoms with van der Waals surface area (Å²) < 4.78 is 51.6. The first-order valence-corrected chi connectivity index (χ1v) is 5.33. The number of aromatic nitrogens is 1. The second-order valence-electron chi connectivity index (χ2n) is 3.97. The number of nitrogens with zero attached hydrogens (tertiary/aromatic N) is 1. The van der Waals surface area contributed by atoms with Crippen molar-refractivity contribution in [2.75, 3.05) is 0 Å². The van der Waals surface area contributed by atoms with E-state index in [-0.39, 0.29) is 22.7 Å². The molecular weight excluding hydrogens is 262 g/mol. The number of aromatic hydroxyl groups is 1. The lowest BCUT2D eigenvalue weighted by atomic mass is 10.1. The molecule has 0 radical (unpaired) electrons. The molecule has 0 aliphatic heterocycles. The summed E-state index contributed by atoms with van der Waals surface area (Å²) in [6, 6.07) is 5.53. The largest absolute Gasteiger partial charge is 0.506 e. The third-order valence-corrected chi connectivity index (χ3v) is 2.64. The summed E-state index contributed by atoms with van der Waals surface area (Å²) in [4.78, 5) is 3.87. The SMILES string of the molecule is Cc1nc(-c2cccc(C(F)(F)F)c2F)ccc1O. The van der Waals surface area contributed by atoms with E-state index >= 15 is 0 Å². The quantitative estimate of drug-likeness (QED) is 0.797. The molecule has 0 bridgehead atoms. The summed E-state index contributed by atoms with van der Waals surface area (Å²) in [6.07, 6.45) is -4.76. The van der Waals surface area contributed by atoms with E-state index in [0.29, 0.717) is 6.07 Å². The monoisotopic (exact) mass is 271 g/mol. The lowest BCUT2D eigenvalue weighted by Gasteiger charge is -2.11. The Morgan fingerprint density at radius 2 is 1.79 bits per heavy atom. The molecule has 19 heavy (non-hydrogen) atoms. The van der Waals surface area contributed by atoms with Crippen LogP contribution in [0.25, 0.3) is 11.3 Å². The number of pyridine rings is 1. The Morgan fingerprint density at radius 3 is 2.37 bits per heavy atom. The van der Waals surface area contributed by atoms with Gasteiger partial charge in [-0.25, -0.2) is 9.37 Å². The number of rotatable bonds is 1. The molecule has 0 atom stereocenters. The molecule has 100 valence electrons. The van der Waals surface area contributed by atoms with Crippen molar-refractivity contribution in [3.05, 3.63) is 47.4 Å². The van der Waals surface area contributed by atoms with Crippen LogP contribution in [0, 0.1) is 12.7 Å². The molecular formula is C13H9F4NO. The smallest absolute Gasteiger partial charge is 0.419 e. The van der Waals surface area contributed by atoms with Crippen LogP contribution in [0.3, 0.4) is 0 Å². The molecule has 0 saturated carbocycles. The number of hydrogen-bond acceptors (Lipinski definition) is 2. The predicted octanol–water partition coefficient (Wildman–Crippen LogP) is 3.92. The summed E-state index contributed by atoms with van der Waals surface area (Å²) in [7, 11) is 0. The van der Waals surface area contributed by atoms with Gasteiger partial charge in [0.2, 0.25) is 0 Å². The summed E-state index contributed by atoms with van der Waals surface area (Å²) in [5, 5.41) is 9.31. The Hall–Kier alpha value is -2.11. The highest BCUT2D eigenvalue weighted by molar-refractivity contribution is 5.62. The highest BCUT2D eigenvalue weighted by atomic mass is 19.4. The van der Waals surface area contributed by atoms with Gasteiger partial charge < -0.3 is 5.11 Å². The molecule has 0 fully saturated rings. The van der Waals surface area contributed by atoms with Crippen LogP contribution in [0.4, 0.5) is 17.6 Å². The molecule has 0 aliphatic rings. The molecule has 0 unspecified atom stereocenters. The number of alkyl halides is 3. The maximum atomic E-state index is 13.9. The molecule has 0 spiro atoms. The third-order valence-electron chi connectivity index (χ3n) is 2.64. The van der Waals surface area contributed by atoms with E-state index in [9.17, 15) is 22.7 Å². The van der Waals surface area contributed by atoms with E-state index in [2.05, 4.69) is 4.98 Å². The Balaban J connectivity index is 2.60. The Labute approximate surface area is 106 Å². The summed E-state index contributed by atoms with van der Waals surface area (Å²) in [5.41, 5.74) is -1.33. The van der Waals surface area contributed by atoms with Crippen LogP contribution in [0.1, 0.15) is 11.3 Å². The fraction of sp³-hybridized carbons (Fsp3) is 0.154. The van der Waals surface area contributed by atoms with E-state index in [0.717, 1.165) is 6.07 Å². The van der Waals surface area contributed by atoms with Crippen LogP contribution in [-0.2, 0) is 6.18 Å². The van der Waals surface area contributed by atoms with Crippen LogP contribution in [0.15, 0.2) is 30.3 Å². The van der Waals surface area contributed by atoms with Crippen molar-refractivity contribution >= 4 is 0 Å². The molecule has 0 saturated heterocycles. The van der Waals surface area contributed by atoms with Gasteiger partial charge in [-0.3, -0.25) is 0 Å². The minimum absolute atomic E-state index is 0.0406. The van der Waals surface area contributed by atoms with Gasteiger partial charge in [0.15, 0.2) is 0 Å². The van der Waals surface area contributed by atoms with E-state index in [1.54, 1.807) is 0 Å². The average molecular weight is 271 g/mol. The Bertz CT molecular complexity index is 623. The topological polar surface area (TPSA) is 33.1 Å². The average Bonchev–Trinajstić information content (AvgIpc) is 2.32. The van der Waals surface area contributed by atoms with E-state index in [1.165, 1.54) is 25.1 Å². The van der Waals surface area contributed by atoms with Gasteiger partial charge in [0.05, 0.1) is 17.0 Å². The minimum atomic E-state index is -4.76. The first-order chi connectivity index (χ1) is 8.80. The minimum Gasteiger partial charge on any atom is -0.506 e. The summed E-state index contributed by atoms with van der Waals surface area (Å²) in [5.74, 6) is -1.47. The molecule has 1 heterocycles. The standard InChI is InChI=1S/C13H9F4NO/c1-7-11(19)6-5-10(18-7)8-3-2-4-9(12(8)14)13(15,16)17/h2-6,19H,1H3. The zero-order valence-electron chi connectivity index (χ0n) is 9.79. The van der Waals surface area contributed by atoms with Crippen molar-refractivity contribution in [3.8, 4) is 17.0 Å². The summed E-state index contributed by atoms with van der Waals surface area (Å²) >= 11 is 0. The van der Waals surface area contributed by atoms with Crippen LogP contribution >= 0.6 is 0 Å². The highest BCUT2D eigenvalue weighted by Crippen LogP contribution is 2.35. The predicted molar refractivity (Wildman–Crippen MR) is 61.0 cm³/mol. The highest BCUT2D eigenvalue weighted by Gasteiger charge is 2.35. The van der Waals surface area contributed by atoms with Crippen molar-refractivity contribution in [1.29, 1.82) is 0 Å². The molecule has 1 aromatic heterocycles. The molecule has 2 aromatic rings. The fourth-order valence-electron chi connectivity index (χ4n) is 1.65. The molecule has 2 nitrogen and oxygen atoms in total. The number of hydrogen-bond donors (Lipinski definition) is 1. The second kappa shape index (κ2) is 4.53. The Morgan fingerprint density at radius 1 is 1.11 bits per heavy atom. The fourth-order valence-corrected chi connectivity index (χ4v) is 1.65. The third kappa shape index (κ3) is 2.52. The zero-order chi connectivity index (χ0) is 14.2. The van der Waals surface area contributed by atoms with Crippen molar-refractivity contribution in [3.63, 3.8) is 0 Å². The van der Waals surface area contributed by atoms with Gasteiger partial charge in [-0.2, -0.15) is 13.2 Å². The van der Waals surface area contributed by atoms with Crippen LogP contribution in [0.2, 0.25) is 0 Å². The molecule has 0 amide bonds. The van der Waals surface area contributed by atoms with Crippen LogP contribution < -0.4 is 0 Å². The van der Waals surface area contributed by atoms with Crippen LogP contribution in [0.5, 0.6) is 5.75 Å². The van der Waals surface area contributed by atoms with Crippen LogP contribution in [-0.4, -0.2) is 10.1 Å². The maximum Gasteiger partial charge on any atom is 0.419 e. The van der Waals surface area contributed by atoms with Gasteiger partial charge in [-0.15, -0.1) is 0 Å². The Kier molecular flexibility index (Phi) is 3.18. The number of benzene rings is 1. The number of halogens is 4. The van der Waals surface area contributed by atoms with Gasteiger partial charge in [0.1, 0.15) is 11.6 Å². The first-order valence-electron chi connectivity index (χ1n) is 5.33. The molecule has 2 rings (SSSR count). The van der Waals surface area contributed by atoms with Gasteiger partial charge in [0.25, 0.3) is 0 Å². The lowest BCUT2D eigenvalue weighted by molar-refractivity contribution is -0.139. The van der Waals surface area contributed by atoms with Gasteiger partial charge in [0, 0.05) is 5.56 Å². The second-order valence-corrected chi connectivity index (χ2v) is 3.97. The van der Waals surface area contributed by atoms with Crippen molar-refractivity contribution in [2.24, 2.45) is 0 Å². The molecule has 1 N–H and O–H groups in total. The van der Waals surface area contributed by atoms with Gasteiger partial charge in [-0.1, -0.05) is 6.07 Å². The van der Waals surface area contributed by atoms with E-state index in [4.69, 9.17) is 0 Å². The maximum absolute atomic E-state index is 13.9. The number of aryl methyl sites for hydroxylation is 1. The van der Waals surface area contributed by atoms with E-state index < -0.39 is 17.6 Å². The van der Waals surface area contributed by atoms with Crippen molar-refractivity contribution in [1.82, 2.24) is 4.98 Å². The molecule has 1 aromatic carbocycles. The first kappa shape index (κ1) is 13.3. The van der Waals surface area contributed by atoms with Gasteiger partial charge >= 0.3 is 6.18 Å². The molecule has 0 aliphatic carbocycles. The zero-order valence-corrected chi connectivity index (χ0v) is 9.79. The van der Waals surface area contributed by atoms with E-state index in [1.807, 2.05) is 0 Å². The normalized spacial score (nSPS) is 11.6.